The fourth-order valence-electron chi connectivity index (χ4n) is 1.38. The molecular weight excluding hydrogens is 212 g/mol. The summed E-state index contributed by atoms with van der Waals surface area (Å²) in [5, 5.41) is 19.8. The van der Waals surface area contributed by atoms with Crippen LogP contribution in [0.25, 0.3) is 0 Å². The lowest BCUT2D eigenvalue weighted by atomic mass is 10.1. The molecule has 0 saturated carbocycles. The summed E-state index contributed by atoms with van der Waals surface area (Å²) < 4.78 is 0. The maximum atomic E-state index is 8.68. The third-order valence-corrected chi connectivity index (χ3v) is 2.35. The van der Waals surface area contributed by atoms with Gasteiger partial charge in [-0.2, -0.15) is 10.4 Å². The van der Waals surface area contributed by atoms with Gasteiger partial charge in [-0.1, -0.05) is 12.1 Å². The van der Waals surface area contributed by atoms with Crippen LogP contribution in [0.15, 0.2) is 36.4 Å². The van der Waals surface area contributed by atoms with Crippen molar-refractivity contribution in [2.45, 2.75) is 13.5 Å². The first kappa shape index (κ1) is 11.1. The zero-order valence-electron chi connectivity index (χ0n) is 9.51. The molecule has 4 heteroatoms. The molecule has 1 heterocycles. The second kappa shape index (κ2) is 5.08. The van der Waals surface area contributed by atoms with Crippen LogP contribution in [0.5, 0.6) is 0 Å². The van der Waals surface area contributed by atoms with Crippen LogP contribution in [0.3, 0.4) is 0 Å². The average Bonchev–Trinajstić information content (AvgIpc) is 2.39. The van der Waals surface area contributed by atoms with Crippen LogP contribution in [-0.4, -0.2) is 10.2 Å². The van der Waals surface area contributed by atoms with Gasteiger partial charge in [-0.05, 0) is 36.8 Å². The van der Waals surface area contributed by atoms with E-state index in [0.717, 1.165) is 17.1 Å². The molecule has 0 bridgehead atoms. The van der Waals surface area contributed by atoms with E-state index in [9.17, 15) is 0 Å². The SMILES string of the molecule is Cc1ccc(NCc2ccc(C#N)cc2)nn1. The summed E-state index contributed by atoms with van der Waals surface area (Å²) in [7, 11) is 0. The van der Waals surface area contributed by atoms with Gasteiger partial charge < -0.3 is 5.32 Å². The van der Waals surface area contributed by atoms with Crippen LogP contribution >= 0.6 is 0 Å². The van der Waals surface area contributed by atoms with Gasteiger partial charge in [0.05, 0.1) is 17.3 Å². The summed E-state index contributed by atoms with van der Waals surface area (Å²) in [6, 6.07) is 13.4. The Bertz CT molecular complexity index is 523. The number of nitrogens with one attached hydrogen (secondary N) is 1. The number of anilines is 1. The normalized spacial score (nSPS) is 9.65. The van der Waals surface area contributed by atoms with Gasteiger partial charge in [0.15, 0.2) is 0 Å². The molecule has 4 nitrogen and oxygen atoms in total. The van der Waals surface area contributed by atoms with Gasteiger partial charge in [0, 0.05) is 6.54 Å². The van der Waals surface area contributed by atoms with Crippen molar-refractivity contribution in [3.8, 4) is 6.07 Å². The Morgan fingerprint density at radius 1 is 1.12 bits per heavy atom. The maximum Gasteiger partial charge on any atom is 0.148 e. The topological polar surface area (TPSA) is 61.6 Å². The third-order valence-electron chi connectivity index (χ3n) is 2.35. The molecule has 2 rings (SSSR count). The molecule has 0 amide bonds. The lowest BCUT2D eigenvalue weighted by Crippen LogP contribution is -2.02. The van der Waals surface area contributed by atoms with E-state index in [1.54, 1.807) is 12.1 Å². The molecule has 0 aliphatic rings. The summed E-state index contributed by atoms with van der Waals surface area (Å²) in [6.45, 7) is 2.57. The van der Waals surface area contributed by atoms with Gasteiger partial charge in [-0.15, -0.1) is 5.10 Å². The van der Waals surface area contributed by atoms with E-state index in [4.69, 9.17) is 5.26 Å². The number of aromatic nitrogens is 2. The summed E-state index contributed by atoms with van der Waals surface area (Å²) in [4.78, 5) is 0. The lowest BCUT2D eigenvalue weighted by Gasteiger charge is -2.04. The van der Waals surface area contributed by atoms with Gasteiger partial charge in [0.25, 0.3) is 0 Å². The molecule has 1 aromatic heterocycles. The van der Waals surface area contributed by atoms with Crippen molar-refractivity contribution in [2.24, 2.45) is 0 Å². The van der Waals surface area contributed by atoms with Crippen molar-refractivity contribution in [1.29, 1.82) is 5.26 Å². The predicted octanol–water partition coefficient (Wildman–Crippen LogP) is 2.27. The first-order valence-electron chi connectivity index (χ1n) is 5.31. The molecule has 0 fully saturated rings. The average molecular weight is 224 g/mol. The Morgan fingerprint density at radius 3 is 2.47 bits per heavy atom. The first-order valence-corrected chi connectivity index (χ1v) is 5.31. The van der Waals surface area contributed by atoms with Gasteiger partial charge >= 0.3 is 0 Å². The summed E-state index contributed by atoms with van der Waals surface area (Å²) in [6.07, 6.45) is 0. The fraction of sp³-hybridized carbons (Fsp3) is 0.154. The standard InChI is InChI=1S/C13H12N4/c1-10-2-7-13(17-16-10)15-9-12-5-3-11(8-14)4-6-12/h2-7H,9H2,1H3,(H,15,17). The fourth-order valence-corrected chi connectivity index (χ4v) is 1.38. The molecule has 0 atom stereocenters. The highest BCUT2D eigenvalue weighted by Crippen LogP contribution is 2.07. The molecule has 0 radical (unpaired) electrons. The van der Waals surface area contributed by atoms with Crippen LogP contribution in [0.4, 0.5) is 5.82 Å². The van der Waals surface area contributed by atoms with E-state index in [1.807, 2.05) is 31.2 Å². The highest BCUT2D eigenvalue weighted by Gasteiger charge is 1.96. The Morgan fingerprint density at radius 2 is 1.88 bits per heavy atom. The summed E-state index contributed by atoms with van der Waals surface area (Å²) in [5.41, 5.74) is 2.67. The zero-order chi connectivity index (χ0) is 12.1. The molecule has 17 heavy (non-hydrogen) atoms. The number of hydrogen-bond acceptors (Lipinski definition) is 4. The van der Waals surface area contributed by atoms with Crippen LogP contribution in [0.1, 0.15) is 16.8 Å². The van der Waals surface area contributed by atoms with Gasteiger partial charge in [0.2, 0.25) is 0 Å². The highest BCUT2D eigenvalue weighted by molar-refractivity contribution is 5.36. The Kier molecular flexibility index (Phi) is 3.31. The van der Waals surface area contributed by atoms with E-state index < -0.39 is 0 Å². The molecule has 1 N–H and O–H groups in total. The van der Waals surface area contributed by atoms with E-state index in [-0.39, 0.29) is 0 Å². The highest BCUT2D eigenvalue weighted by atomic mass is 15.2. The third kappa shape index (κ3) is 3.02. The Balaban J connectivity index is 1.98. The smallest absolute Gasteiger partial charge is 0.148 e. The van der Waals surface area contributed by atoms with Gasteiger partial charge in [-0.25, -0.2) is 0 Å². The summed E-state index contributed by atoms with van der Waals surface area (Å²) in [5.74, 6) is 0.750. The van der Waals surface area contributed by atoms with Crippen molar-refractivity contribution >= 4 is 5.82 Å². The predicted molar refractivity (Wildman–Crippen MR) is 65.3 cm³/mol. The number of aryl methyl sites for hydroxylation is 1. The quantitative estimate of drug-likeness (QED) is 0.868. The number of nitriles is 1. The minimum Gasteiger partial charge on any atom is -0.365 e. The molecular formula is C13H12N4. The van der Waals surface area contributed by atoms with Crippen molar-refractivity contribution in [3.05, 3.63) is 53.2 Å². The molecule has 0 unspecified atom stereocenters. The van der Waals surface area contributed by atoms with Gasteiger partial charge in [0.1, 0.15) is 5.82 Å². The van der Waals surface area contributed by atoms with Gasteiger partial charge in [-0.3, -0.25) is 0 Å². The monoisotopic (exact) mass is 224 g/mol. The maximum absolute atomic E-state index is 8.68. The largest absolute Gasteiger partial charge is 0.365 e. The molecule has 84 valence electrons. The zero-order valence-corrected chi connectivity index (χ0v) is 9.51. The molecule has 0 spiro atoms. The van der Waals surface area contributed by atoms with Crippen LogP contribution in [-0.2, 0) is 6.54 Å². The Labute approximate surface area is 99.9 Å². The van der Waals surface area contributed by atoms with Crippen LogP contribution in [0.2, 0.25) is 0 Å². The first-order chi connectivity index (χ1) is 8.28. The van der Waals surface area contributed by atoms with Crippen molar-refractivity contribution in [3.63, 3.8) is 0 Å². The molecule has 0 aliphatic heterocycles. The summed E-state index contributed by atoms with van der Waals surface area (Å²) >= 11 is 0. The van der Waals surface area contributed by atoms with Crippen molar-refractivity contribution in [1.82, 2.24) is 10.2 Å². The number of nitrogens with zero attached hydrogens (tertiary/aromatic N) is 3. The van der Waals surface area contributed by atoms with Crippen LogP contribution < -0.4 is 5.32 Å². The van der Waals surface area contributed by atoms with Crippen molar-refractivity contribution in [2.75, 3.05) is 5.32 Å². The van der Waals surface area contributed by atoms with Crippen LogP contribution in [0, 0.1) is 18.3 Å². The minimum absolute atomic E-state index is 0.670. The molecule has 1 aromatic carbocycles. The molecule has 2 aromatic rings. The minimum atomic E-state index is 0.670. The van der Waals surface area contributed by atoms with E-state index in [1.165, 1.54) is 0 Å². The molecule has 0 saturated heterocycles. The second-order valence-electron chi connectivity index (χ2n) is 3.72. The lowest BCUT2D eigenvalue weighted by molar-refractivity contribution is 0.963. The number of benzene rings is 1. The number of rotatable bonds is 3. The number of hydrogen-bond donors (Lipinski definition) is 1. The second-order valence-corrected chi connectivity index (χ2v) is 3.72. The molecule has 0 aliphatic carbocycles. The van der Waals surface area contributed by atoms with E-state index in [0.29, 0.717) is 12.1 Å². The van der Waals surface area contributed by atoms with Crippen molar-refractivity contribution < 1.29 is 0 Å². The Hall–Kier alpha value is -2.41. The van der Waals surface area contributed by atoms with E-state index in [2.05, 4.69) is 21.6 Å². The van der Waals surface area contributed by atoms with E-state index >= 15 is 0 Å².